The fourth-order valence-electron chi connectivity index (χ4n) is 2.36. The minimum Gasteiger partial charge on any atom is -0.461 e. The molecule has 1 heterocycles. The largest absolute Gasteiger partial charge is 0.461 e. The van der Waals surface area contributed by atoms with Crippen molar-refractivity contribution in [2.75, 3.05) is 13.2 Å². The second-order valence-electron chi connectivity index (χ2n) is 5.65. The normalized spacial score (nSPS) is 10.8. The summed E-state index contributed by atoms with van der Waals surface area (Å²) in [5.74, 6) is 0.0250. The number of carbonyl (C=O) groups is 2. The SMILES string of the molecule is CCOC(=O)c1c(C)c(C(=O)NCCC(C)C)c(C)n1C. The van der Waals surface area contributed by atoms with E-state index in [4.69, 9.17) is 4.74 Å². The van der Waals surface area contributed by atoms with Crippen LogP contribution in [0.25, 0.3) is 0 Å². The Morgan fingerprint density at radius 3 is 2.43 bits per heavy atom. The minimum absolute atomic E-state index is 0.128. The standard InChI is InChI=1S/C16H26N2O3/c1-7-21-16(20)14-11(4)13(12(5)18(14)6)15(19)17-9-8-10(2)3/h10H,7-9H2,1-6H3,(H,17,19). The van der Waals surface area contributed by atoms with Crippen LogP contribution in [-0.2, 0) is 11.8 Å². The van der Waals surface area contributed by atoms with Crippen molar-refractivity contribution in [1.82, 2.24) is 9.88 Å². The molecule has 5 heteroatoms. The molecule has 0 aliphatic heterocycles. The van der Waals surface area contributed by atoms with E-state index < -0.39 is 0 Å². The summed E-state index contributed by atoms with van der Waals surface area (Å²) in [7, 11) is 1.78. The van der Waals surface area contributed by atoms with Crippen LogP contribution in [0.15, 0.2) is 0 Å². The zero-order valence-electron chi connectivity index (χ0n) is 13.9. The van der Waals surface area contributed by atoms with Crippen molar-refractivity contribution in [3.8, 4) is 0 Å². The summed E-state index contributed by atoms with van der Waals surface area (Å²) in [4.78, 5) is 24.3. The lowest BCUT2D eigenvalue weighted by atomic mass is 10.1. The molecule has 0 atom stereocenters. The number of ether oxygens (including phenoxy) is 1. The molecule has 0 aliphatic rings. The highest BCUT2D eigenvalue weighted by atomic mass is 16.5. The summed E-state index contributed by atoms with van der Waals surface area (Å²) in [6.07, 6.45) is 0.932. The molecule has 0 saturated carbocycles. The molecular formula is C16H26N2O3. The van der Waals surface area contributed by atoms with Crippen LogP contribution in [0.2, 0.25) is 0 Å². The van der Waals surface area contributed by atoms with Gasteiger partial charge in [-0.1, -0.05) is 13.8 Å². The summed E-state index contributed by atoms with van der Waals surface area (Å²) in [6.45, 7) is 10.6. The number of carbonyl (C=O) groups excluding carboxylic acids is 2. The Hall–Kier alpha value is -1.78. The molecule has 1 aromatic rings. The van der Waals surface area contributed by atoms with Crippen molar-refractivity contribution in [1.29, 1.82) is 0 Å². The third-order valence-electron chi connectivity index (χ3n) is 3.63. The van der Waals surface area contributed by atoms with E-state index in [2.05, 4.69) is 19.2 Å². The van der Waals surface area contributed by atoms with Crippen molar-refractivity contribution in [3.63, 3.8) is 0 Å². The Kier molecular flexibility index (Phi) is 6.00. The Bertz CT molecular complexity index is 530. The van der Waals surface area contributed by atoms with E-state index in [0.717, 1.165) is 12.1 Å². The van der Waals surface area contributed by atoms with Gasteiger partial charge in [0.25, 0.3) is 5.91 Å². The van der Waals surface area contributed by atoms with E-state index in [-0.39, 0.29) is 11.9 Å². The smallest absolute Gasteiger partial charge is 0.355 e. The maximum Gasteiger partial charge on any atom is 0.355 e. The molecule has 0 spiro atoms. The molecule has 118 valence electrons. The molecule has 0 radical (unpaired) electrons. The predicted molar refractivity (Wildman–Crippen MR) is 82.6 cm³/mol. The monoisotopic (exact) mass is 294 g/mol. The van der Waals surface area contributed by atoms with E-state index >= 15 is 0 Å². The molecule has 1 rings (SSSR count). The molecule has 21 heavy (non-hydrogen) atoms. The highest BCUT2D eigenvalue weighted by Gasteiger charge is 2.25. The number of nitrogens with one attached hydrogen (secondary N) is 1. The molecular weight excluding hydrogens is 268 g/mol. The zero-order valence-corrected chi connectivity index (χ0v) is 13.9. The molecule has 1 N–H and O–H groups in total. The lowest BCUT2D eigenvalue weighted by Crippen LogP contribution is -2.26. The molecule has 1 amide bonds. The average molecular weight is 294 g/mol. The lowest BCUT2D eigenvalue weighted by Gasteiger charge is -2.08. The first kappa shape index (κ1) is 17.3. The lowest BCUT2D eigenvalue weighted by molar-refractivity contribution is 0.0514. The van der Waals surface area contributed by atoms with Gasteiger partial charge in [-0.25, -0.2) is 4.79 Å². The Morgan fingerprint density at radius 1 is 1.29 bits per heavy atom. The van der Waals surface area contributed by atoms with Crippen molar-refractivity contribution in [2.24, 2.45) is 13.0 Å². The van der Waals surface area contributed by atoms with Gasteiger partial charge < -0.3 is 14.6 Å². The summed E-state index contributed by atoms with van der Waals surface area (Å²) in [5, 5.41) is 2.92. The fraction of sp³-hybridized carbons (Fsp3) is 0.625. The zero-order chi connectivity index (χ0) is 16.2. The van der Waals surface area contributed by atoms with Crippen LogP contribution in [-0.4, -0.2) is 29.6 Å². The van der Waals surface area contributed by atoms with Gasteiger partial charge in [0.15, 0.2) is 0 Å². The van der Waals surface area contributed by atoms with Crippen molar-refractivity contribution in [3.05, 3.63) is 22.5 Å². The maximum absolute atomic E-state index is 12.3. The van der Waals surface area contributed by atoms with E-state index in [1.807, 2.05) is 6.92 Å². The summed E-state index contributed by atoms with van der Waals surface area (Å²) < 4.78 is 6.79. The third kappa shape index (κ3) is 3.86. The van der Waals surface area contributed by atoms with Crippen LogP contribution < -0.4 is 5.32 Å². The van der Waals surface area contributed by atoms with Gasteiger partial charge in [-0.15, -0.1) is 0 Å². The number of amides is 1. The van der Waals surface area contributed by atoms with E-state index in [1.165, 1.54) is 0 Å². The van der Waals surface area contributed by atoms with Crippen molar-refractivity contribution < 1.29 is 14.3 Å². The molecule has 5 nitrogen and oxygen atoms in total. The Morgan fingerprint density at radius 2 is 1.90 bits per heavy atom. The van der Waals surface area contributed by atoms with Crippen LogP contribution in [0.1, 0.15) is 59.3 Å². The summed E-state index contributed by atoms with van der Waals surface area (Å²) >= 11 is 0. The van der Waals surface area contributed by atoms with Gasteiger partial charge in [0.05, 0.1) is 12.2 Å². The van der Waals surface area contributed by atoms with Crippen LogP contribution >= 0.6 is 0 Å². The van der Waals surface area contributed by atoms with Crippen molar-refractivity contribution >= 4 is 11.9 Å². The van der Waals surface area contributed by atoms with Crippen LogP contribution in [0.4, 0.5) is 0 Å². The fourth-order valence-corrected chi connectivity index (χ4v) is 2.36. The number of aromatic nitrogens is 1. The maximum atomic E-state index is 12.3. The predicted octanol–water partition coefficient (Wildman–Crippen LogP) is 2.59. The first-order valence-corrected chi connectivity index (χ1v) is 7.42. The quantitative estimate of drug-likeness (QED) is 0.820. The number of rotatable bonds is 6. The molecule has 0 unspecified atom stereocenters. The Labute approximate surface area is 126 Å². The van der Waals surface area contributed by atoms with Gasteiger partial charge in [-0.05, 0) is 38.7 Å². The minimum atomic E-state index is -0.387. The van der Waals surface area contributed by atoms with Crippen molar-refractivity contribution in [2.45, 2.75) is 41.0 Å². The molecule has 0 bridgehead atoms. The second kappa shape index (κ2) is 7.29. The van der Waals surface area contributed by atoms with Crippen LogP contribution in [0.5, 0.6) is 0 Å². The second-order valence-corrected chi connectivity index (χ2v) is 5.65. The number of esters is 1. The van der Waals surface area contributed by atoms with Gasteiger partial charge in [0.1, 0.15) is 5.69 Å². The van der Waals surface area contributed by atoms with Gasteiger partial charge in [0, 0.05) is 19.3 Å². The average Bonchev–Trinajstić information content (AvgIpc) is 2.60. The molecule has 0 fully saturated rings. The van der Waals surface area contributed by atoms with Crippen LogP contribution in [0, 0.1) is 19.8 Å². The highest BCUT2D eigenvalue weighted by molar-refractivity contribution is 6.01. The van der Waals surface area contributed by atoms with Gasteiger partial charge in [-0.2, -0.15) is 0 Å². The molecule has 1 aromatic heterocycles. The molecule has 0 aromatic carbocycles. The molecule has 0 saturated heterocycles. The van der Waals surface area contributed by atoms with E-state index in [9.17, 15) is 9.59 Å². The third-order valence-corrected chi connectivity index (χ3v) is 3.63. The Balaban J connectivity index is 3.01. The number of hydrogen-bond donors (Lipinski definition) is 1. The number of nitrogens with zero attached hydrogens (tertiary/aromatic N) is 1. The topological polar surface area (TPSA) is 60.3 Å². The summed E-state index contributed by atoms with van der Waals surface area (Å²) in [5.41, 5.74) is 2.47. The summed E-state index contributed by atoms with van der Waals surface area (Å²) in [6, 6.07) is 0. The van der Waals surface area contributed by atoms with Gasteiger partial charge in [0.2, 0.25) is 0 Å². The van der Waals surface area contributed by atoms with E-state index in [1.54, 1.807) is 25.5 Å². The first-order valence-electron chi connectivity index (χ1n) is 7.42. The first-order chi connectivity index (χ1) is 9.81. The van der Waals surface area contributed by atoms with Gasteiger partial charge >= 0.3 is 5.97 Å². The highest BCUT2D eigenvalue weighted by Crippen LogP contribution is 2.22. The molecule has 0 aliphatic carbocycles. The van der Waals surface area contributed by atoms with E-state index in [0.29, 0.717) is 35.9 Å². The van der Waals surface area contributed by atoms with Crippen LogP contribution in [0.3, 0.4) is 0 Å². The number of hydrogen-bond acceptors (Lipinski definition) is 3. The van der Waals surface area contributed by atoms with Gasteiger partial charge in [-0.3, -0.25) is 4.79 Å².